The minimum atomic E-state index is 0.0281. The molecular formula is C13H19N5O. The minimum Gasteiger partial charge on any atom is -0.328 e. The standard InChI is InChI=1S/C13H19N5O/c1-3-4-7-18-12(19)10-11(15-9-16(10)2)17-8-5-6-14-13(17)18/h9H,3-8H2,1-2H3. The Kier molecular flexibility index (Phi) is 3.00. The van der Waals surface area contributed by atoms with Crippen molar-refractivity contribution >= 4 is 17.7 Å². The summed E-state index contributed by atoms with van der Waals surface area (Å²) >= 11 is 0. The van der Waals surface area contributed by atoms with Crippen molar-refractivity contribution in [2.45, 2.75) is 26.2 Å². The molecule has 1 aromatic rings. The Morgan fingerprint density at radius 2 is 2.26 bits per heavy atom. The number of aryl methyl sites for hydroxylation is 1. The fraction of sp³-hybridized carbons (Fsp3) is 0.615. The first-order chi connectivity index (χ1) is 9.24. The average molecular weight is 261 g/mol. The molecule has 3 heterocycles. The number of unbranched alkanes of at least 4 members (excludes halogenated alkanes) is 1. The topological polar surface area (TPSA) is 53.7 Å². The van der Waals surface area contributed by atoms with Crippen LogP contribution in [0.1, 0.15) is 36.7 Å². The van der Waals surface area contributed by atoms with Gasteiger partial charge in [-0.05, 0) is 12.8 Å². The van der Waals surface area contributed by atoms with E-state index in [2.05, 4.69) is 21.8 Å². The first-order valence-electron chi connectivity index (χ1n) is 6.89. The highest BCUT2D eigenvalue weighted by molar-refractivity contribution is 6.17. The molecule has 0 unspecified atom stereocenters. The van der Waals surface area contributed by atoms with Gasteiger partial charge in [-0.1, -0.05) is 13.3 Å². The molecule has 0 aromatic carbocycles. The molecule has 0 atom stereocenters. The third-order valence-electron chi connectivity index (χ3n) is 3.63. The van der Waals surface area contributed by atoms with Crippen molar-refractivity contribution < 1.29 is 4.79 Å². The normalized spacial score (nSPS) is 18.2. The van der Waals surface area contributed by atoms with Gasteiger partial charge in [0.2, 0.25) is 5.96 Å². The highest BCUT2D eigenvalue weighted by atomic mass is 16.2. The van der Waals surface area contributed by atoms with Crippen molar-refractivity contribution in [2.24, 2.45) is 12.0 Å². The van der Waals surface area contributed by atoms with Gasteiger partial charge in [0.15, 0.2) is 11.5 Å². The number of carbonyl (C=O) groups is 1. The fourth-order valence-corrected chi connectivity index (χ4v) is 2.62. The Bertz CT molecular complexity index is 533. The summed E-state index contributed by atoms with van der Waals surface area (Å²) in [7, 11) is 1.87. The second-order valence-electron chi connectivity index (χ2n) is 5.02. The molecule has 0 radical (unpaired) electrons. The molecule has 1 amide bonds. The summed E-state index contributed by atoms with van der Waals surface area (Å²) in [5.74, 6) is 1.58. The SMILES string of the molecule is CCCCN1C(=O)c2c(ncn2C)N2CCCN=C12. The van der Waals surface area contributed by atoms with E-state index in [0.29, 0.717) is 5.69 Å². The average Bonchev–Trinajstić information content (AvgIpc) is 2.81. The molecular weight excluding hydrogens is 242 g/mol. The number of nitrogens with zero attached hydrogens (tertiary/aromatic N) is 5. The van der Waals surface area contributed by atoms with Crippen LogP contribution in [-0.2, 0) is 7.05 Å². The number of anilines is 1. The molecule has 6 heteroatoms. The van der Waals surface area contributed by atoms with Gasteiger partial charge in [0.25, 0.3) is 5.91 Å². The zero-order valence-corrected chi connectivity index (χ0v) is 11.5. The zero-order chi connectivity index (χ0) is 13.4. The lowest BCUT2D eigenvalue weighted by molar-refractivity contribution is 0.0828. The molecule has 2 aliphatic heterocycles. The summed E-state index contributed by atoms with van der Waals surface area (Å²) in [6.45, 7) is 4.54. The Hall–Kier alpha value is -1.85. The molecule has 0 saturated carbocycles. The van der Waals surface area contributed by atoms with Crippen LogP contribution in [0.15, 0.2) is 11.3 Å². The highest BCUT2D eigenvalue weighted by Gasteiger charge is 2.38. The summed E-state index contributed by atoms with van der Waals surface area (Å²) in [5.41, 5.74) is 0.678. The van der Waals surface area contributed by atoms with Crippen LogP contribution in [0.3, 0.4) is 0 Å². The Labute approximate surface area is 112 Å². The van der Waals surface area contributed by atoms with Gasteiger partial charge in [-0.3, -0.25) is 19.6 Å². The number of rotatable bonds is 3. The van der Waals surface area contributed by atoms with Crippen LogP contribution in [0.5, 0.6) is 0 Å². The minimum absolute atomic E-state index is 0.0281. The van der Waals surface area contributed by atoms with Gasteiger partial charge < -0.3 is 4.57 Å². The number of amides is 1. The summed E-state index contributed by atoms with van der Waals surface area (Å²) in [4.78, 5) is 25.4. The number of guanidine groups is 1. The van der Waals surface area contributed by atoms with Crippen molar-refractivity contribution in [1.29, 1.82) is 0 Å². The van der Waals surface area contributed by atoms with Crippen molar-refractivity contribution in [2.75, 3.05) is 24.5 Å². The van der Waals surface area contributed by atoms with E-state index >= 15 is 0 Å². The number of imidazole rings is 1. The second-order valence-corrected chi connectivity index (χ2v) is 5.02. The lowest BCUT2D eigenvalue weighted by atomic mass is 10.2. The molecule has 6 nitrogen and oxygen atoms in total. The van der Waals surface area contributed by atoms with E-state index in [9.17, 15) is 4.79 Å². The van der Waals surface area contributed by atoms with Crippen LogP contribution in [0.2, 0.25) is 0 Å². The lowest BCUT2D eigenvalue weighted by Gasteiger charge is -2.38. The van der Waals surface area contributed by atoms with E-state index < -0.39 is 0 Å². The van der Waals surface area contributed by atoms with Gasteiger partial charge in [0, 0.05) is 26.7 Å². The number of hydrogen-bond donors (Lipinski definition) is 0. The second kappa shape index (κ2) is 4.68. The fourth-order valence-electron chi connectivity index (χ4n) is 2.62. The maximum atomic E-state index is 12.6. The van der Waals surface area contributed by atoms with Gasteiger partial charge in [-0.25, -0.2) is 4.98 Å². The van der Waals surface area contributed by atoms with Crippen molar-refractivity contribution in [3.63, 3.8) is 0 Å². The summed E-state index contributed by atoms with van der Waals surface area (Å²) < 4.78 is 1.81. The quantitative estimate of drug-likeness (QED) is 0.822. The van der Waals surface area contributed by atoms with E-state index in [1.807, 2.05) is 16.5 Å². The smallest absolute Gasteiger partial charge is 0.281 e. The lowest BCUT2D eigenvalue weighted by Crippen LogP contribution is -2.54. The number of aromatic nitrogens is 2. The number of aliphatic imine (C=N–C) groups is 1. The Balaban J connectivity index is 2.05. The first kappa shape index (κ1) is 12.2. The zero-order valence-electron chi connectivity index (χ0n) is 11.5. The molecule has 0 bridgehead atoms. The molecule has 2 aliphatic rings. The van der Waals surface area contributed by atoms with Crippen LogP contribution in [0.25, 0.3) is 0 Å². The maximum Gasteiger partial charge on any atom is 0.281 e. The number of fused-ring (bicyclic) bond motifs is 3. The van der Waals surface area contributed by atoms with Crippen molar-refractivity contribution in [3.05, 3.63) is 12.0 Å². The summed E-state index contributed by atoms with van der Waals surface area (Å²) in [6.07, 6.45) is 4.77. The maximum absolute atomic E-state index is 12.6. The van der Waals surface area contributed by atoms with Crippen LogP contribution in [0.4, 0.5) is 5.82 Å². The number of carbonyl (C=O) groups excluding carboxylic acids is 1. The summed E-state index contributed by atoms with van der Waals surface area (Å²) in [5, 5.41) is 0. The molecule has 19 heavy (non-hydrogen) atoms. The molecule has 0 aliphatic carbocycles. The molecule has 0 saturated heterocycles. The third-order valence-corrected chi connectivity index (χ3v) is 3.63. The van der Waals surface area contributed by atoms with Gasteiger partial charge in [-0.15, -0.1) is 0 Å². The Morgan fingerprint density at radius 3 is 3.05 bits per heavy atom. The summed E-state index contributed by atoms with van der Waals surface area (Å²) in [6, 6.07) is 0. The monoisotopic (exact) mass is 261 g/mol. The van der Waals surface area contributed by atoms with Crippen LogP contribution in [-0.4, -0.2) is 46.0 Å². The molecule has 102 valence electrons. The van der Waals surface area contributed by atoms with Crippen LogP contribution >= 0.6 is 0 Å². The van der Waals surface area contributed by atoms with E-state index in [-0.39, 0.29) is 5.91 Å². The van der Waals surface area contributed by atoms with Gasteiger partial charge in [0.1, 0.15) is 0 Å². The van der Waals surface area contributed by atoms with E-state index in [1.54, 1.807) is 6.33 Å². The predicted octanol–water partition coefficient (Wildman–Crippen LogP) is 1.24. The van der Waals surface area contributed by atoms with Crippen molar-refractivity contribution in [3.8, 4) is 0 Å². The number of hydrogen-bond acceptors (Lipinski definition) is 4. The van der Waals surface area contributed by atoms with Crippen molar-refractivity contribution in [1.82, 2.24) is 14.5 Å². The van der Waals surface area contributed by atoms with Gasteiger partial charge in [0.05, 0.1) is 6.33 Å². The predicted molar refractivity (Wildman–Crippen MR) is 73.4 cm³/mol. The van der Waals surface area contributed by atoms with Crippen LogP contribution < -0.4 is 4.90 Å². The first-order valence-corrected chi connectivity index (χ1v) is 6.89. The molecule has 3 rings (SSSR count). The van der Waals surface area contributed by atoms with Gasteiger partial charge >= 0.3 is 0 Å². The van der Waals surface area contributed by atoms with E-state index in [0.717, 1.165) is 50.7 Å². The molecule has 1 aromatic heterocycles. The van der Waals surface area contributed by atoms with E-state index in [4.69, 9.17) is 0 Å². The third kappa shape index (κ3) is 1.82. The highest BCUT2D eigenvalue weighted by Crippen LogP contribution is 2.28. The largest absolute Gasteiger partial charge is 0.328 e. The van der Waals surface area contributed by atoms with Gasteiger partial charge in [-0.2, -0.15) is 0 Å². The van der Waals surface area contributed by atoms with Crippen LogP contribution in [0, 0.1) is 0 Å². The molecule has 0 N–H and O–H groups in total. The Morgan fingerprint density at radius 1 is 1.42 bits per heavy atom. The molecule has 0 fully saturated rings. The van der Waals surface area contributed by atoms with E-state index in [1.165, 1.54) is 0 Å². The molecule has 0 spiro atoms.